The minimum absolute atomic E-state index is 0.337. The third kappa shape index (κ3) is 5.05. The van der Waals surface area contributed by atoms with Gasteiger partial charge < -0.3 is 4.90 Å². The van der Waals surface area contributed by atoms with E-state index in [4.69, 9.17) is 0 Å². The quantitative estimate of drug-likeness (QED) is 0.849. The second-order valence-electron chi connectivity index (χ2n) is 7.33. The van der Waals surface area contributed by atoms with Crippen LogP contribution in [-0.4, -0.2) is 66.4 Å². The highest BCUT2D eigenvalue weighted by molar-refractivity contribution is 5.78. The molecule has 132 valence electrons. The molecular weight excluding hydrogens is 298 g/mol. The summed E-state index contributed by atoms with van der Waals surface area (Å²) in [6.07, 6.45) is 4.91. The fraction of sp³-hybridized carbons (Fsp3) is 0.650. The number of piperazine rings is 1. The molecule has 24 heavy (non-hydrogen) atoms. The number of likely N-dealkylation sites (tertiary alicyclic amines) is 1. The molecule has 2 heterocycles. The maximum Gasteiger partial charge on any atom is 0.236 e. The zero-order valence-electron chi connectivity index (χ0n) is 15.0. The lowest BCUT2D eigenvalue weighted by Crippen LogP contribution is -2.49. The average Bonchev–Trinajstić information content (AvgIpc) is 2.88. The molecule has 2 fully saturated rings. The lowest BCUT2D eigenvalue weighted by atomic mass is 10.1. The van der Waals surface area contributed by atoms with Gasteiger partial charge in [0.25, 0.3) is 0 Å². The SMILES string of the molecule is Cc1ccc(CN2CCN(CC(=O)N3CCCCCC3)CC2)cc1. The lowest BCUT2D eigenvalue weighted by Gasteiger charge is -2.35. The van der Waals surface area contributed by atoms with Crippen LogP contribution in [0.2, 0.25) is 0 Å². The molecule has 0 saturated carbocycles. The monoisotopic (exact) mass is 329 g/mol. The Kier molecular flexibility index (Phi) is 6.27. The zero-order chi connectivity index (χ0) is 16.8. The summed E-state index contributed by atoms with van der Waals surface area (Å²) in [6.45, 7) is 9.81. The number of hydrogen-bond acceptors (Lipinski definition) is 3. The van der Waals surface area contributed by atoms with E-state index in [1.54, 1.807) is 0 Å². The summed E-state index contributed by atoms with van der Waals surface area (Å²) in [6, 6.07) is 8.83. The molecule has 0 spiro atoms. The van der Waals surface area contributed by atoms with Gasteiger partial charge in [-0.3, -0.25) is 14.6 Å². The molecule has 0 N–H and O–H groups in total. The average molecular weight is 329 g/mol. The maximum absolute atomic E-state index is 12.5. The Bertz CT molecular complexity index is 512. The molecule has 2 aliphatic heterocycles. The number of nitrogens with zero attached hydrogens (tertiary/aromatic N) is 3. The Hall–Kier alpha value is -1.39. The molecule has 0 unspecified atom stereocenters. The zero-order valence-corrected chi connectivity index (χ0v) is 15.0. The Balaban J connectivity index is 1.41. The van der Waals surface area contributed by atoms with Crippen molar-refractivity contribution in [3.63, 3.8) is 0 Å². The van der Waals surface area contributed by atoms with E-state index in [1.807, 2.05) is 0 Å². The molecule has 1 aromatic rings. The van der Waals surface area contributed by atoms with Crippen molar-refractivity contribution in [1.29, 1.82) is 0 Å². The first-order valence-electron chi connectivity index (χ1n) is 9.49. The first-order chi connectivity index (χ1) is 11.7. The summed E-state index contributed by atoms with van der Waals surface area (Å²) in [7, 11) is 0. The van der Waals surface area contributed by atoms with Crippen LogP contribution in [0.5, 0.6) is 0 Å². The van der Waals surface area contributed by atoms with E-state index in [0.717, 1.165) is 45.8 Å². The van der Waals surface area contributed by atoms with Crippen molar-refractivity contribution in [3.8, 4) is 0 Å². The number of carbonyl (C=O) groups excluding carboxylic acids is 1. The van der Waals surface area contributed by atoms with Crippen molar-refractivity contribution in [2.24, 2.45) is 0 Å². The van der Waals surface area contributed by atoms with E-state index in [2.05, 4.69) is 45.9 Å². The van der Waals surface area contributed by atoms with Crippen LogP contribution >= 0.6 is 0 Å². The van der Waals surface area contributed by atoms with Gasteiger partial charge in [0.1, 0.15) is 0 Å². The molecule has 4 heteroatoms. The largest absolute Gasteiger partial charge is 0.342 e. The fourth-order valence-corrected chi connectivity index (χ4v) is 3.67. The topological polar surface area (TPSA) is 26.8 Å². The van der Waals surface area contributed by atoms with Crippen LogP contribution in [0.4, 0.5) is 0 Å². The molecule has 0 radical (unpaired) electrons. The normalized spacial score (nSPS) is 20.8. The van der Waals surface area contributed by atoms with Gasteiger partial charge in [0.2, 0.25) is 5.91 Å². The van der Waals surface area contributed by atoms with Gasteiger partial charge in [-0.1, -0.05) is 42.7 Å². The smallest absolute Gasteiger partial charge is 0.236 e. The molecule has 0 atom stereocenters. The molecule has 2 aliphatic rings. The van der Waals surface area contributed by atoms with Crippen molar-refractivity contribution in [3.05, 3.63) is 35.4 Å². The van der Waals surface area contributed by atoms with Crippen LogP contribution in [0.1, 0.15) is 36.8 Å². The Morgan fingerprint density at radius 3 is 2.04 bits per heavy atom. The standard InChI is InChI=1S/C20H31N3O/c1-18-6-8-19(9-7-18)16-21-12-14-22(15-13-21)17-20(24)23-10-4-2-3-5-11-23/h6-9H,2-5,10-17H2,1H3. The van der Waals surface area contributed by atoms with Crippen LogP contribution in [0.25, 0.3) is 0 Å². The third-order valence-corrected chi connectivity index (χ3v) is 5.31. The highest BCUT2D eigenvalue weighted by atomic mass is 16.2. The van der Waals surface area contributed by atoms with Crippen LogP contribution in [0.15, 0.2) is 24.3 Å². The molecule has 4 nitrogen and oxygen atoms in total. The van der Waals surface area contributed by atoms with Crippen molar-refractivity contribution in [2.75, 3.05) is 45.8 Å². The van der Waals surface area contributed by atoms with Gasteiger partial charge in [-0.15, -0.1) is 0 Å². The van der Waals surface area contributed by atoms with Crippen LogP contribution in [-0.2, 0) is 11.3 Å². The summed E-state index contributed by atoms with van der Waals surface area (Å²) in [5.74, 6) is 0.337. The molecule has 0 aliphatic carbocycles. The summed E-state index contributed by atoms with van der Waals surface area (Å²) in [4.78, 5) is 19.4. The van der Waals surface area contributed by atoms with Crippen molar-refractivity contribution < 1.29 is 4.79 Å². The van der Waals surface area contributed by atoms with Gasteiger partial charge in [0, 0.05) is 45.8 Å². The van der Waals surface area contributed by atoms with Crippen molar-refractivity contribution in [1.82, 2.24) is 14.7 Å². The Morgan fingerprint density at radius 1 is 0.833 bits per heavy atom. The lowest BCUT2D eigenvalue weighted by molar-refractivity contribution is -0.132. The number of aryl methyl sites for hydroxylation is 1. The summed E-state index contributed by atoms with van der Waals surface area (Å²) < 4.78 is 0. The predicted molar refractivity (Wildman–Crippen MR) is 97.9 cm³/mol. The van der Waals surface area contributed by atoms with Gasteiger partial charge in [-0.05, 0) is 25.3 Å². The highest BCUT2D eigenvalue weighted by Crippen LogP contribution is 2.12. The molecular formula is C20H31N3O. The van der Waals surface area contributed by atoms with Crippen LogP contribution in [0, 0.1) is 6.92 Å². The first-order valence-corrected chi connectivity index (χ1v) is 9.49. The van der Waals surface area contributed by atoms with Gasteiger partial charge in [-0.25, -0.2) is 0 Å². The molecule has 1 aromatic carbocycles. The van der Waals surface area contributed by atoms with E-state index in [1.165, 1.54) is 36.8 Å². The van der Waals surface area contributed by atoms with Gasteiger partial charge >= 0.3 is 0 Å². The Labute approximate surface area is 146 Å². The molecule has 2 saturated heterocycles. The van der Waals surface area contributed by atoms with E-state index in [0.29, 0.717) is 12.5 Å². The second kappa shape index (κ2) is 8.63. The number of benzene rings is 1. The predicted octanol–water partition coefficient (Wildman–Crippen LogP) is 2.52. The van der Waals surface area contributed by atoms with Crippen LogP contribution < -0.4 is 0 Å². The number of carbonyl (C=O) groups is 1. The number of hydrogen-bond donors (Lipinski definition) is 0. The summed E-state index contributed by atoms with van der Waals surface area (Å²) >= 11 is 0. The minimum atomic E-state index is 0.337. The second-order valence-corrected chi connectivity index (χ2v) is 7.33. The highest BCUT2D eigenvalue weighted by Gasteiger charge is 2.22. The van der Waals surface area contributed by atoms with E-state index in [-0.39, 0.29) is 0 Å². The van der Waals surface area contributed by atoms with E-state index >= 15 is 0 Å². The molecule has 0 aromatic heterocycles. The third-order valence-electron chi connectivity index (χ3n) is 5.31. The first kappa shape index (κ1) is 17.4. The minimum Gasteiger partial charge on any atom is -0.342 e. The fourth-order valence-electron chi connectivity index (χ4n) is 3.67. The molecule has 3 rings (SSSR count). The van der Waals surface area contributed by atoms with Gasteiger partial charge in [-0.2, -0.15) is 0 Å². The van der Waals surface area contributed by atoms with E-state index in [9.17, 15) is 4.79 Å². The molecule has 0 bridgehead atoms. The van der Waals surface area contributed by atoms with Crippen molar-refractivity contribution in [2.45, 2.75) is 39.2 Å². The summed E-state index contributed by atoms with van der Waals surface area (Å²) in [5.41, 5.74) is 2.70. The number of rotatable bonds is 4. The Morgan fingerprint density at radius 2 is 1.42 bits per heavy atom. The molecule has 1 amide bonds. The van der Waals surface area contributed by atoms with Gasteiger partial charge in [0.05, 0.1) is 6.54 Å². The maximum atomic E-state index is 12.5. The van der Waals surface area contributed by atoms with Gasteiger partial charge in [0.15, 0.2) is 0 Å². The number of amides is 1. The van der Waals surface area contributed by atoms with Crippen molar-refractivity contribution >= 4 is 5.91 Å². The van der Waals surface area contributed by atoms with E-state index < -0.39 is 0 Å². The van der Waals surface area contributed by atoms with Crippen LogP contribution in [0.3, 0.4) is 0 Å². The summed E-state index contributed by atoms with van der Waals surface area (Å²) in [5, 5.41) is 0.